The highest BCUT2D eigenvalue weighted by Crippen LogP contribution is 2.40. The van der Waals surface area contributed by atoms with E-state index in [4.69, 9.17) is 0 Å². The lowest BCUT2D eigenvalue weighted by Gasteiger charge is -2.04. The molecule has 1 nitrogen and oxygen atoms in total. The van der Waals surface area contributed by atoms with Crippen LogP contribution in [0.25, 0.3) is 30.9 Å². The molecule has 2 heteroatoms. The molecular formula is C19H14OS. The van der Waals surface area contributed by atoms with Crippen LogP contribution in [0.5, 0.6) is 0 Å². The molecule has 1 aromatic heterocycles. The van der Waals surface area contributed by atoms with Crippen LogP contribution in [0, 0.1) is 6.92 Å². The number of hydrogen-bond donors (Lipinski definition) is 0. The smallest absolute Gasteiger partial charge is 0.159 e. The Hall–Kier alpha value is -2.19. The lowest BCUT2D eigenvalue weighted by Crippen LogP contribution is -1.89. The Labute approximate surface area is 126 Å². The molecule has 0 aliphatic heterocycles. The van der Waals surface area contributed by atoms with Gasteiger partial charge in [-0.15, -0.1) is 11.3 Å². The third-order valence-electron chi connectivity index (χ3n) is 4.09. The molecule has 0 aliphatic rings. The van der Waals surface area contributed by atoms with Gasteiger partial charge in [-0.2, -0.15) is 0 Å². The number of carbonyl (C=O) groups is 1. The predicted molar refractivity (Wildman–Crippen MR) is 91.6 cm³/mol. The summed E-state index contributed by atoms with van der Waals surface area (Å²) < 4.78 is 2.48. The second kappa shape index (κ2) is 4.40. The third kappa shape index (κ3) is 1.79. The molecule has 0 bridgehead atoms. The number of hydrogen-bond acceptors (Lipinski definition) is 2. The molecule has 21 heavy (non-hydrogen) atoms. The Morgan fingerprint density at radius 3 is 2.43 bits per heavy atom. The van der Waals surface area contributed by atoms with Crippen LogP contribution < -0.4 is 0 Å². The normalized spacial score (nSPS) is 11.5. The van der Waals surface area contributed by atoms with E-state index in [0.717, 1.165) is 5.56 Å². The van der Waals surface area contributed by atoms with Gasteiger partial charge in [0.1, 0.15) is 0 Å². The number of carbonyl (C=O) groups excluding carboxylic acids is 1. The zero-order chi connectivity index (χ0) is 14.6. The molecule has 0 unspecified atom stereocenters. The molecule has 0 spiro atoms. The van der Waals surface area contributed by atoms with E-state index in [-0.39, 0.29) is 5.78 Å². The molecule has 0 aliphatic carbocycles. The van der Waals surface area contributed by atoms with E-state index in [0.29, 0.717) is 0 Å². The first-order chi connectivity index (χ1) is 10.1. The minimum atomic E-state index is 0.121. The summed E-state index contributed by atoms with van der Waals surface area (Å²) in [6, 6.07) is 16.9. The quantitative estimate of drug-likeness (QED) is 0.410. The maximum absolute atomic E-state index is 11.6. The van der Waals surface area contributed by atoms with Crippen molar-refractivity contribution >= 4 is 48.1 Å². The van der Waals surface area contributed by atoms with Crippen molar-refractivity contribution in [2.45, 2.75) is 13.8 Å². The van der Waals surface area contributed by atoms with Crippen LogP contribution in [0.2, 0.25) is 0 Å². The van der Waals surface area contributed by atoms with E-state index in [2.05, 4.69) is 43.3 Å². The van der Waals surface area contributed by atoms with E-state index in [1.54, 1.807) is 18.3 Å². The summed E-state index contributed by atoms with van der Waals surface area (Å²) in [5.74, 6) is 0.121. The van der Waals surface area contributed by atoms with Crippen molar-refractivity contribution < 1.29 is 4.79 Å². The Balaban J connectivity index is 2.22. The molecule has 3 aromatic carbocycles. The minimum absolute atomic E-state index is 0.121. The van der Waals surface area contributed by atoms with Crippen molar-refractivity contribution in [3.05, 3.63) is 59.7 Å². The minimum Gasteiger partial charge on any atom is -0.295 e. The lowest BCUT2D eigenvalue weighted by atomic mass is 9.99. The zero-order valence-electron chi connectivity index (χ0n) is 11.9. The Kier molecular flexibility index (Phi) is 2.63. The van der Waals surface area contributed by atoms with Crippen molar-refractivity contribution in [3.63, 3.8) is 0 Å². The van der Waals surface area contributed by atoms with Gasteiger partial charge in [-0.1, -0.05) is 36.4 Å². The van der Waals surface area contributed by atoms with Gasteiger partial charge in [0.15, 0.2) is 5.78 Å². The van der Waals surface area contributed by atoms with E-state index >= 15 is 0 Å². The number of Topliss-reactive ketones (excluding diaryl/α,β-unsaturated/α-hetero) is 1. The molecule has 0 N–H and O–H groups in total. The van der Waals surface area contributed by atoms with Crippen molar-refractivity contribution in [2.24, 2.45) is 0 Å². The summed E-state index contributed by atoms with van der Waals surface area (Å²) >= 11 is 1.77. The van der Waals surface area contributed by atoms with Crippen LogP contribution in [0.15, 0.2) is 48.5 Å². The number of rotatable bonds is 1. The van der Waals surface area contributed by atoms with E-state index < -0.39 is 0 Å². The van der Waals surface area contributed by atoms with Crippen LogP contribution in [0.3, 0.4) is 0 Å². The molecule has 0 amide bonds. The fraction of sp³-hybridized carbons (Fsp3) is 0.105. The van der Waals surface area contributed by atoms with Crippen molar-refractivity contribution in [1.29, 1.82) is 0 Å². The van der Waals surface area contributed by atoms with Crippen molar-refractivity contribution in [1.82, 2.24) is 0 Å². The monoisotopic (exact) mass is 290 g/mol. The van der Waals surface area contributed by atoms with Gasteiger partial charge in [-0.25, -0.2) is 0 Å². The van der Waals surface area contributed by atoms with Crippen molar-refractivity contribution in [2.75, 3.05) is 0 Å². The summed E-state index contributed by atoms with van der Waals surface area (Å²) in [6.07, 6.45) is 0. The number of fused-ring (bicyclic) bond motifs is 5. The maximum Gasteiger partial charge on any atom is 0.159 e. The summed E-state index contributed by atoms with van der Waals surface area (Å²) in [7, 11) is 0. The molecule has 1 heterocycles. The standard InChI is InChI=1S/C19H14OS/c1-11-9-18-19(15-6-4-3-5-14(11)15)16-8-7-13(12(2)20)10-17(16)21-18/h3-10H,1-2H3. The fourth-order valence-electron chi connectivity index (χ4n) is 3.03. The van der Waals surface area contributed by atoms with Gasteiger partial charge in [0.05, 0.1) is 0 Å². The van der Waals surface area contributed by atoms with Crippen LogP contribution in [0.1, 0.15) is 22.8 Å². The summed E-state index contributed by atoms with van der Waals surface area (Å²) in [4.78, 5) is 11.6. The number of benzene rings is 3. The first-order valence-electron chi connectivity index (χ1n) is 7.01. The van der Waals surface area contributed by atoms with Gasteiger partial charge in [-0.3, -0.25) is 4.79 Å². The van der Waals surface area contributed by atoms with E-state index in [1.165, 1.54) is 36.5 Å². The summed E-state index contributed by atoms with van der Waals surface area (Å²) in [5.41, 5.74) is 2.09. The first kappa shape index (κ1) is 12.5. The molecular weight excluding hydrogens is 276 g/mol. The third-order valence-corrected chi connectivity index (χ3v) is 5.19. The number of ketones is 1. The molecule has 0 atom stereocenters. The first-order valence-corrected chi connectivity index (χ1v) is 7.82. The summed E-state index contributed by atoms with van der Waals surface area (Å²) in [6.45, 7) is 3.78. The Morgan fingerprint density at radius 2 is 1.67 bits per heavy atom. The van der Waals surface area contributed by atoms with Gasteiger partial charge in [0.2, 0.25) is 0 Å². The molecule has 4 rings (SSSR count). The average molecular weight is 290 g/mol. The van der Waals surface area contributed by atoms with Crippen molar-refractivity contribution in [3.8, 4) is 0 Å². The van der Waals surface area contributed by atoms with Gasteiger partial charge >= 0.3 is 0 Å². The predicted octanol–water partition coefficient (Wildman–Crippen LogP) is 5.72. The average Bonchev–Trinajstić information content (AvgIpc) is 2.84. The largest absolute Gasteiger partial charge is 0.295 e. The van der Waals surface area contributed by atoms with Gasteiger partial charge < -0.3 is 0 Å². The topological polar surface area (TPSA) is 17.1 Å². The van der Waals surface area contributed by atoms with Crippen LogP contribution in [0.4, 0.5) is 0 Å². The molecule has 0 fully saturated rings. The number of aryl methyl sites for hydroxylation is 1. The lowest BCUT2D eigenvalue weighted by molar-refractivity contribution is 0.101. The summed E-state index contributed by atoms with van der Waals surface area (Å²) in [5, 5.41) is 5.16. The van der Waals surface area contributed by atoms with Gasteiger partial charge in [-0.05, 0) is 42.3 Å². The van der Waals surface area contributed by atoms with Gasteiger partial charge in [0.25, 0.3) is 0 Å². The van der Waals surface area contributed by atoms with Crippen LogP contribution >= 0.6 is 11.3 Å². The number of thiophene rings is 1. The zero-order valence-corrected chi connectivity index (χ0v) is 12.8. The molecule has 102 valence electrons. The van der Waals surface area contributed by atoms with Crippen LogP contribution in [-0.4, -0.2) is 5.78 Å². The second-order valence-corrected chi connectivity index (χ2v) is 6.57. The maximum atomic E-state index is 11.6. The highest BCUT2D eigenvalue weighted by atomic mass is 32.1. The molecule has 0 saturated heterocycles. The highest BCUT2D eigenvalue weighted by molar-refractivity contribution is 7.26. The van der Waals surface area contributed by atoms with Gasteiger partial charge in [0, 0.05) is 25.7 Å². The fourth-order valence-corrected chi connectivity index (χ4v) is 4.29. The second-order valence-electron chi connectivity index (χ2n) is 5.48. The molecule has 0 saturated carbocycles. The Bertz CT molecular complexity index is 1020. The van der Waals surface area contributed by atoms with E-state index in [9.17, 15) is 4.79 Å². The van der Waals surface area contributed by atoms with Crippen LogP contribution in [-0.2, 0) is 0 Å². The van der Waals surface area contributed by atoms with E-state index in [1.807, 2.05) is 12.1 Å². The highest BCUT2D eigenvalue weighted by Gasteiger charge is 2.11. The molecule has 4 aromatic rings. The molecule has 0 radical (unpaired) electrons. The SMILES string of the molecule is CC(=O)c1ccc2c(c1)sc1cc(C)c3ccccc3c12. The Morgan fingerprint density at radius 1 is 0.905 bits per heavy atom.